The van der Waals surface area contributed by atoms with Crippen LogP contribution in [-0.4, -0.2) is 18.3 Å². The van der Waals surface area contributed by atoms with Crippen LogP contribution in [0.15, 0.2) is 48.5 Å². The van der Waals surface area contributed by atoms with Crippen molar-refractivity contribution in [3.63, 3.8) is 0 Å². The minimum Gasteiger partial charge on any atom is -0.497 e. The Morgan fingerprint density at radius 1 is 1.17 bits per heavy atom. The molecule has 0 bridgehead atoms. The fourth-order valence-corrected chi connectivity index (χ4v) is 3.22. The Kier molecular flexibility index (Phi) is 4.53. The Labute approximate surface area is 143 Å². The van der Waals surface area contributed by atoms with E-state index in [0.29, 0.717) is 11.4 Å². The van der Waals surface area contributed by atoms with Crippen LogP contribution in [0.1, 0.15) is 18.0 Å². The van der Waals surface area contributed by atoms with Gasteiger partial charge in [0.2, 0.25) is 11.1 Å². The molecular weight excluding hydrogens is 333 g/mol. The van der Waals surface area contributed by atoms with Gasteiger partial charge in [-0.1, -0.05) is 12.1 Å². The largest absolute Gasteiger partial charge is 0.497 e. The summed E-state index contributed by atoms with van der Waals surface area (Å²) in [5.74, 6) is -0.597. The molecule has 0 spiro atoms. The molecule has 1 aliphatic rings. The molecule has 0 saturated carbocycles. The number of carbonyl (C=O) groups excluding carboxylic acids is 2. The second-order valence-corrected chi connectivity index (χ2v) is 5.95. The lowest BCUT2D eigenvalue weighted by atomic mass is 9.94. The average molecular weight is 348 g/mol. The van der Waals surface area contributed by atoms with E-state index in [4.69, 9.17) is 16.3 Å². The Balaban J connectivity index is 2.05. The standard InChI is InChI=1S/C18H15ClFNO3/c1-24-14-8-2-11(3-9-14)17-15(18(19)23)10-16(22)21(17)13-6-4-12(20)5-7-13/h2-9,15,17H,10H2,1H3/t15-,17?/m0/s1. The topological polar surface area (TPSA) is 46.6 Å². The number of carbonyl (C=O) groups is 2. The van der Waals surface area contributed by atoms with E-state index in [1.807, 2.05) is 0 Å². The summed E-state index contributed by atoms with van der Waals surface area (Å²) in [6, 6.07) is 12.2. The molecule has 4 nitrogen and oxygen atoms in total. The first kappa shape index (κ1) is 16.5. The third kappa shape index (κ3) is 2.99. The summed E-state index contributed by atoms with van der Waals surface area (Å²) < 4.78 is 18.3. The maximum Gasteiger partial charge on any atom is 0.228 e. The minimum atomic E-state index is -0.655. The molecule has 1 aliphatic heterocycles. The van der Waals surface area contributed by atoms with Gasteiger partial charge in [0.25, 0.3) is 0 Å². The molecule has 1 fully saturated rings. The Morgan fingerprint density at radius 3 is 2.33 bits per heavy atom. The second kappa shape index (κ2) is 6.61. The number of methoxy groups -OCH3 is 1. The maximum atomic E-state index is 13.2. The highest BCUT2D eigenvalue weighted by atomic mass is 35.5. The van der Waals surface area contributed by atoms with Crippen LogP contribution < -0.4 is 9.64 Å². The highest BCUT2D eigenvalue weighted by Crippen LogP contribution is 2.42. The molecule has 124 valence electrons. The summed E-state index contributed by atoms with van der Waals surface area (Å²) in [5, 5.41) is -0.561. The van der Waals surface area contributed by atoms with E-state index >= 15 is 0 Å². The van der Waals surface area contributed by atoms with Crippen molar-refractivity contribution in [1.29, 1.82) is 0 Å². The number of nitrogens with zero attached hydrogens (tertiary/aromatic N) is 1. The van der Waals surface area contributed by atoms with Crippen LogP contribution in [0.2, 0.25) is 0 Å². The van der Waals surface area contributed by atoms with Crippen molar-refractivity contribution in [2.75, 3.05) is 12.0 Å². The zero-order chi connectivity index (χ0) is 17.3. The van der Waals surface area contributed by atoms with Gasteiger partial charge in [-0.05, 0) is 53.6 Å². The molecule has 1 amide bonds. The van der Waals surface area contributed by atoms with Crippen molar-refractivity contribution in [3.05, 3.63) is 59.9 Å². The number of hydrogen-bond donors (Lipinski definition) is 0. The van der Waals surface area contributed by atoms with Crippen LogP contribution in [0.4, 0.5) is 10.1 Å². The van der Waals surface area contributed by atoms with Crippen molar-refractivity contribution >= 4 is 28.4 Å². The average Bonchev–Trinajstić information content (AvgIpc) is 2.93. The van der Waals surface area contributed by atoms with Crippen molar-refractivity contribution < 1.29 is 18.7 Å². The van der Waals surface area contributed by atoms with Crippen LogP contribution in [0.3, 0.4) is 0 Å². The van der Waals surface area contributed by atoms with E-state index in [-0.39, 0.29) is 12.3 Å². The quantitative estimate of drug-likeness (QED) is 0.792. The van der Waals surface area contributed by atoms with Crippen molar-refractivity contribution in [2.45, 2.75) is 12.5 Å². The van der Waals surface area contributed by atoms with E-state index in [9.17, 15) is 14.0 Å². The van der Waals surface area contributed by atoms with Crippen molar-refractivity contribution in [3.8, 4) is 5.75 Å². The van der Waals surface area contributed by atoms with Gasteiger partial charge in [0.1, 0.15) is 11.6 Å². The fourth-order valence-electron chi connectivity index (χ4n) is 3.03. The first-order valence-electron chi connectivity index (χ1n) is 7.42. The zero-order valence-electron chi connectivity index (χ0n) is 12.9. The molecule has 6 heteroatoms. The van der Waals surface area contributed by atoms with Crippen LogP contribution in [-0.2, 0) is 9.59 Å². The minimum absolute atomic E-state index is 0.0242. The molecule has 0 radical (unpaired) electrons. The van der Waals surface area contributed by atoms with Crippen LogP contribution >= 0.6 is 11.6 Å². The molecule has 1 heterocycles. The molecule has 1 unspecified atom stereocenters. The molecule has 24 heavy (non-hydrogen) atoms. The first-order chi connectivity index (χ1) is 11.5. The molecule has 3 rings (SSSR count). The van der Waals surface area contributed by atoms with Crippen molar-refractivity contribution in [1.82, 2.24) is 0 Å². The van der Waals surface area contributed by atoms with Gasteiger partial charge in [-0.2, -0.15) is 0 Å². The number of anilines is 1. The van der Waals surface area contributed by atoms with Gasteiger partial charge in [-0.15, -0.1) is 0 Å². The van der Waals surface area contributed by atoms with Crippen molar-refractivity contribution in [2.24, 2.45) is 5.92 Å². The Bertz CT molecular complexity index is 761. The molecule has 0 aliphatic carbocycles. The summed E-state index contributed by atoms with van der Waals surface area (Å²) >= 11 is 5.73. The lowest BCUT2D eigenvalue weighted by molar-refractivity contribution is -0.120. The highest BCUT2D eigenvalue weighted by molar-refractivity contribution is 6.64. The van der Waals surface area contributed by atoms with Gasteiger partial charge >= 0.3 is 0 Å². The smallest absolute Gasteiger partial charge is 0.228 e. The molecular formula is C18H15ClFNO3. The number of hydrogen-bond acceptors (Lipinski definition) is 3. The molecule has 0 N–H and O–H groups in total. The highest BCUT2D eigenvalue weighted by Gasteiger charge is 2.44. The predicted molar refractivity (Wildman–Crippen MR) is 88.6 cm³/mol. The van der Waals surface area contributed by atoms with Gasteiger partial charge in [-0.3, -0.25) is 9.59 Å². The van der Waals surface area contributed by atoms with Gasteiger partial charge < -0.3 is 9.64 Å². The summed E-state index contributed by atoms with van der Waals surface area (Å²) in [6.07, 6.45) is 0.0242. The maximum absolute atomic E-state index is 13.2. The number of benzene rings is 2. The van der Waals surface area contributed by atoms with Gasteiger partial charge in [-0.25, -0.2) is 4.39 Å². The SMILES string of the molecule is COc1ccc(C2[C@@H](C(=O)Cl)CC(=O)N2c2ccc(F)cc2)cc1. The van der Waals surface area contributed by atoms with E-state index in [1.165, 1.54) is 29.2 Å². The summed E-state index contributed by atoms with van der Waals surface area (Å²) in [5.41, 5.74) is 1.30. The molecule has 0 aromatic heterocycles. The monoisotopic (exact) mass is 347 g/mol. The third-order valence-electron chi connectivity index (χ3n) is 4.18. The van der Waals surface area contributed by atoms with Gasteiger partial charge in [0.15, 0.2) is 0 Å². The Hall–Kier alpha value is -2.40. The van der Waals surface area contributed by atoms with Gasteiger partial charge in [0, 0.05) is 12.1 Å². The van der Waals surface area contributed by atoms with E-state index in [1.54, 1.807) is 31.4 Å². The molecule has 1 saturated heterocycles. The Morgan fingerprint density at radius 2 is 1.79 bits per heavy atom. The molecule has 2 atom stereocenters. The molecule has 2 aromatic carbocycles. The number of ether oxygens (including phenoxy) is 1. The molecule has 2 aromatic rings. The van der Waals surface area contributed by atoms with E-state index < -0.39 is 23.0 Å². The van der Waals surface area contributed by atoms with E-state index in [2.05, 4.69) is 0 Å². The normalized spacial score (nSPS) is 20.3. The lowest BCUT2D eigenvalue weighted by Crippen LogP contribution is -2.29. The zero-order valence-corrected chi connectivity index (χ0v) is 13.7. The summed E-state index contributed by atoms with van der Waals surface area (Å²) in [6.45, 7) is 0. The predicted octanol–water partition coefficient (Wildman–Crippen LogP) is 3.69. The number of amides is 1. The summed E-state index contributed by atoms with van der Waals surface area (Å²) in [4.78, 5) is 25.8. The first-order valence-corrected chi connectivity index (χ1v) is 7.80. The van der Waals surface area contributed by atoms with Crippen LogP contribution in [0, 0.1) is 11.7 Å². The second-order valence-electron chi connectivity index (χ2n) is 5.57. The van der Waals surface area contributed by atoms with Crippen LogP contribution in [0.25, 0.3) is 0 Å². The van der Waals surface area contributed by atoms with E-state index in [0.717, 1.165) is 5.56 Å². The number of rotatable bonds is 4. The van der Waals surface area contributed by atoms with Gasteiger partial charge in [0.05, 0.1) is 19.1 Å². The fraction of sp³-hybridized carbons (Fsp3) is 0.222. The van der Waals surface area contributed by atoms with Crippen LogP contribution in [0.5, 0.6) is 5.75 Å². The number of halogens is 2. The summed E-state index contributed by atoms with van der Waals surface area (Å²) in [7, 11) is 1.56. The lowest BCUT2D eigenvalue weighted by Gasteiger charge is -2.27. The third-order valence-corrected chi connectivity index (χ3v) is 4.46.